The molecular formula is C28H49N3O. The Morgan fingerprint density at radius 3 is 2.16 bits per heavy atom. The smallest absolute Gasteiger partial charge is 0.239 e. The van der Waals surface area contributed by atoms with Crippen molar-refractivity contribution in [1.29, 1.82) is 0 Å². The van der Waals surface area contributed by atoms with Gasteiger partial charge >= 0.3 is 0 Å². The van der Waals surface area contributed by atoms with E-state index in [0.717, 1.165) is 45.3 Å². The van der Waals surface area contributed by atoms with Gasteiger partial charge in [-0.05, 0) is 73.5 Å². The summed E-state index contributed by atoms with van der Waals surface area (Å²) in [5, 5.41) is 0. The Labute approximate surface area is 197 Å². The molecule has 2 rings (SSSR count). The van der Waals surface area contributed by atoms with Crippen LogP contribution in [-0.4, -0.2) is 42.5 Å². The van der Waals surface area contributed by atoms with E-state index in [1.807, 2.05) is 4.90 Å². The van der Waals surface area contributed by atoms with Crippen molar-refractivity contribution < 1.29 is 4.79 Å². The number of piperidine rings is 1. The first-order valence-electron chi connectivity index (χ1n) is 12.9. The van der Waals surface area contributed by atoms with Gasteiger partial charge in [0.15, 0.2) is 0 Å². The lowest BCUT2D eigenvalue weighted by Gasteiger charge is -2.41. The molecule has 0 aromatic heterocycles. The maximum absolute atomic E-state index is 12.8. The van der Waals surface area contributed by atoms with Crippen LogP contribution in [0.5, 0.6) is 0 Å². The lowest BCUT2D eigenvalue weighted by molar-refractivity contribution is -0.134. The van der Waals surface area contributed by atoms with Crippen molar-refractivity contribution >= 4 is 11.6 Å². The highest BCUT2D eigenvalue weighted by Gasteiger charge is 2.29. The lowest BCUT2D eigenvalue weighted by Crippen LogP contribution is -2.51. The van der Waals surface area contributed by atoms with Crippen LogP contribution in [0.3, 0.4) is 0 Å². The van der Waals surface area contributed by atoms with Crippen molar-refractivity contribution in [2.45, 2.75) is 99.1 Å². The third-order valence-corrected chi connectivity index (χ3v) is 6.64. The summed E-state index contributed by atoms with van der Waals surface area (Å²) in [6.45, 7) is 18.5. The highest BCUT2D eigenvalue weighted by molar-refractivity contribution is 5.81. The molecule has 1 aliphatic rings. The van der Waals surface area contributed by atoms with E-state index in [4.69, 9.17) is 5.73 Å². The minimum absolute atomic E-state index is 0.133. The molecule has 4 nitrogen and oxygen atoms in total. The summed E-state index contributed by atoms with van der Waals surface area (Å²) in [5.41, 5.74) is 9.29. The second-order valence-corrected chi connectivity index (χ2v) is 11.9. The topological polar surface area (TPSA) is 49.6 Å². The Hall–Kier alpha value is -1.55. The number of amides is 1. The molecule has 1 aliphatic heterocycles. The third kappa shape index (κ3) is 8.77. The third-order valence-electron chi connectivity index (χ3n) is 6.64. The van der Waals surface area contributed by atoms with Gasteiger partial charge < -0.3 is 15.5 Å². The second-order valence-electron chi connectivity index (χ2n) is 11.9. The fraction of sp³-hybridized carbons (Fsp3) is 0.750. The van der Waals surface area contributed by atoms with Gasteiger partial charge in [0.05, 0.1) is 6.04 Å². The zero-order valence-corrected chi connectivity index (χ0v) is 21.9. The van der Waals surface area contributed by atoms with Crippen molar-refractivity contribution in [2.75, 3.05) is 24.5 Å². The molecule has 0 saturated carbocycles. The molecule has 1 saturated heterocycles. The predicted octanol–water partition coefficient (Wildman–Crippen LogP) is 5.88. The predicted molar refractivity (Wildman–Crippen MR) is 138 cm³/mol. The Morgan fingerprint density at radius 1 is 1.06 bits per heavy atom. The summed E-state index contributed by atoms with van der Waals surface area (Å²) < 4.78 is 0. The van der Waals surface area contributed by atoms with Crippen molar-refractivity contribution in [3.05, 3.63) is 29.8 Å². The van der Waals surface area contributed by atoms with E-state index in [-0.39, 0.29) is 11.9 Å². The quantitative estimate of drug-likeness (QED) is 0.491. The molecule has 4 heteroatoms. The Morgan fingerprint density at radius 2 is 1.66 bits per heavy atom. The van der Waals surface area contributed by atoms with Crippen LogP contribution in [-0.2, 0) is 11.2 Å². The van der Waals surface area contributed by atoms with Gasteiger partial charge in [0.1, 0.15) is 0 Å². The molecule has 182 valence electrons. The van der Waals surface area contributed by atoms with Crippen molar-refractivity contribution in [3.63, 3.8) is 0 Å². The van der Waals surface area contributed by atoms with Crippen LogP contribution in [0.2, 0.25) is 0 Å². The largest absolute Gasteiger partial charge is 0.368 e. The van der Waals surface area contributed by atoms with Crippen LogP contribution >= 0.6 is 0 Å². The molecule has 0 spiro atoms. The first-order valence-corrected chi connectivity index (χ1v) is 12.9. The average molecular weight is 444 g/mol. The normalized spacial score (nSPS) is 16.6. The zero-order valence-electron chi connectivity index (χ0n) is 21.9. The Kier molecular flexibility index (Phi) is 10.1. The average Bonchev–Trinajstić information content (AvgIpc) is 2.72. The number of hydrogen-bond acceptors (Lipinski definition) is 3. The monoisotopic (exact) mass is 443 g/mol. The fourth-order valence-corrected chi connectivity index (χ4v) is 4.53. The highest BCUT2D eigenvalue weighted by Crippen LogP contribution is 2.27. The molecule has 1 atom stereocenters. The zero-order chi connectivity index (χ0) is 23.9. The van der Waals surface area contributed by atoms with E-state index >= 15 is 0 Å². The fourth-order valence-electron chi connectivity index (χ4n) is 4.53. The number of hydrogen-bond donors (Lipinski definition) is 1. The van der Waals surface area contributed by atoms with Crippen LogP contribution in [0.15, 0.2) is 24.3 Å². The maximum atomic E-state index is 12.8. The summed E-state index contributed by atoms with van der Waals surface area (Å²) in [5.74, 6) is 1.26. The molecule has 0 radical (unpaired) electrons. The van der Waals surface area contributed by atoms with Crippen LogP contribution in [0.1, 0.15) is 86.1 Å². The van der Waals surface area contributed by atoms with Gasteiger partial charge in [-0.2, -0.15) is 0 Å². The summed E-state index contributed by atoms with van der Waals surface area (Å²) in [4.78, 5) is 17.4. The van der Waals surface area contributed by atoms with E-state index < -0.39 is 0 Å². The molecule has 0 unspecified atom stereocenters. The molecule has 1 aromatic rings. The van der Waals surface area contributed by atoms with Crippen LogP contribution in [0.25, 0.3) is 0 Å². The number of nitrogens with two attached hydrogens (primary N) is 1. The van der Waals surface area contributed by atoms with Crippen molar-refractivity contribution in [1.82, 2.24) is 4.90 Å². The van der Waals surface area contributed by atoms with E-state index in [1.165, 1.54) is 24.1 Å². The summed E-state index contributed by atoms with van der Waals surface area (Å²) in [7, 11) is 0. The molecular weight excluding hydrogens is 394 g/mol. The number of nitrogens with zero attached hydrogens (tertiary/aromatic N) is 2. The van der Waals surface area contributed by atoms with Gasteiger partial charge in [0.2, 0.25) is 5.91 Å². The number of rotatable bonds is 10. The van der Waals surface area contributed by atoms with Crippen molar-refractivity contribution in [2.24, 2.45) is 23.0 Å². The summed E-state index contributed by atoms with van der Waals surface area (Å²) in [6.07, 6.45) is 6.32. The van der Waals surface area contributed by atoms with Crippen LogP contribution in [0.4, 0.5) is 5.69 Å². The first-order chi connectivity index (χ1) is 15.0. The maximum Gasteiger partial charge on any atom is 0.239 e. The number of likely N-dealkylation sites (tertiary alicyclic amines) is 1. The van der Waals surface area contributed by atoms with E-state index in [1.54, 1.807) is 0 Å². The highest BCUT2D eigenvalue weighted by atomic mass is 16.2. The summed E-state index contributed by atoms with van der Waals surface area (Å²) in [6, 6.07) is 9.38. The van der Waals surface area contributed by atoms with E-state index in [0.29, 0.717) is 23.3 Å². The molecule has 1 aromatic carbocycles. The van der Waals surface area contributed by atoms with Gasteiger partial charge in [-0.1, -0.05) is 60.6 Å². The van der Waals surface area contributed by atoms with Crippen molar-refractivity contribution in [3.8, 4) is 0 Å². The number of anilines is 1. The lowest BCUT2D eigenvalue weighted by atomic mass is 9.88. The van der Waals surface area contributed by atoms with Gasteiger partial charge in [-0.25, -0.2) is 0 Å². The molecule has 0 bridgehead atoms. The number of benzene rings is 1. The van der Waals surface area contributed by atoms with Gasteiger partial charge in [-0.15, -0.1) is 0 Å². The van der Waals surface area contributed by atoms with Crippen LogP contribution in [0, 0.1) is 17.3 Å². The first kappa shape index (κ1) is 26.7. The molecule has 1 heterocycles. The van der Waals surface area contributed by atoms with Gasteiger partial charge in [0.25, 0.3) is 0 Å². The van der Waals surface area contributed by atoms with Crippen LogP contribution < -0.4 is 10.6 Å². The van der Waals surface area contributed by atoms with Gasteiger partial charge in [0, 0.05) is 31.4 Å². The van der Waals surface area contributed by atoms with E-state index in [2.05, 4.69) is 77.6 Å². The number of carbonyl (C=O) groups is 1. The second kappa shape index (κ2) is 12.1. The molecule has 32 heavy (non-hydrogen) atoms. The molecule has 1 amide bonds. The number of carbonyl (C=O) groups excluding carboxylic acids is 1. The number of aryl methyl sites for hydroxylation is 1. The standard InChI is InChI=1S/C28H49N3O/c1-21(2)13-19-31(24-10-8-23(9-11-24)12-16-28(5,6)7)25-14-17-30(18-15-25)27(32)26(29)20-22(3)4/h8-11,21-22,25-26H,12-20,29H2,1-7H3/t26-/m0/s1. The molecule has 2 N–H and O–H groups in total. The minimum atomic E-state index is -0.357. The molecule has 1 fully saturated rings. The Balaban J connectivity index is 2.02. The summed E-state index contributed by atoms with van der Waals surface area (Å²) >= 11 is 0. The Bertz CT molecular complexity index is 682. The van der Waals surface area contributed by atoms with E-state index in [9.17, 15) is 4.79 Å². The SMILES string of the molecule is CC(C)CCN(c1ccc(CCC(C)(C)C)cc1)C1CCN(C(=O)[C@@H](N)CC(C)C)CC1. The molecule has 0 aliphatic carbocycles. The van der Waals surface area contributed by atoms with Gasteiger partial charge in [-0.3, -0.25) is 4.79 Å². The minimum Gasteiger partial charge on any atom is -0.368 e.